The van der Waals surface area contributed by atoms with E-state index in [1.165, 1.54) is 6.92 Å². The molecule has 0 aromatic carbocycles. The van der Waals surface area contributed by atoms with Crippen molar-refractivity contribution in [3.63, 3.8) is 0 Å². The van der Waals surface area contributed by atoms with Gasteiger partial charge in [-0.25, -0.2) is 0 Å². The lowest BCUT2D eigenvalue weighted by atomic mass is 10.2. The van der Waals surface area contributed by atoms with Crippen molar-refractivity contribution in [3.05, 3.63) is 0 Å². The fourth-order valence-corrected chi connectivity index (χ4v) is 0.288. The molecule has 0 spiro atoms. The van der Waals surface area contributed by atoms with E-state index in [4.69, 9.17) is 13.7 Å². The summed E-state index contributed by atoms with van der Waals surface area (Å²) in [6, 6.07) is 0. The monoisotopic (exact) mass is 154 g/mol. The molecule has 0 bridgehead atoms. The highest BCUT2D eigenvalue weighted by atomic mass is 16.5. The maximum absolute atomic E-state index is 11.5. The molecule has 0 amide bonds. The molecular weight excluding hydrogens is 128 g/mol. The molecule has 0 aliphatic heterocycles. The van der Waals surface area contributed by atoms with Gasteiger partial charge in [0.1, 0.15) is 0 Å². The fourth-order valence-electron chi connectivity index (χ4n) is 0.288. The largest absolute Gasteiger partial charge is 0.465 e. The van der Waals surface area contributed by atoms with Gasteiger partial charge in [-0.15, -0.1) is 0 Å². The van der Waals surface area contributed by atoms with Crippen LogP contribution in [0, 0.1) is 5.92 Å². The molecule has 0 saturated heterocycles. The van der Waals surface area contributed by atoms with Gasteiger partial charge in [0.25, 0.3) is 0 Å². The van der Waals surface area contributed by atoms with Gasteiger partial charge in [-0.2, -0.15) is 0 Å². The van der Waals surface area contributed by atoms with Crippen molar-refractivity contribution >= 4 is 5.97 Å². The van der Waals surface area contributed by atoms with Gasteiger partial charge < -0.3 is 4.74 Å². The van der Waals surface area contributed by atoms with Crippen molar-refractivity contribution < 1.29 is 23.2 Å². The second-order valence-electron chi connectivity index (χ2n) is 1.75. The lowest BCUT2D eigenvalue weighted by molar-refractivity contribution is -0.144. The van der Waals surface area contributed by atoms with Crippen LogP contribution in [0.3, 0.4) is 0 Å². The SMILES string of the molecule is [2H]C([2H])([2H])C(C)COC(=O)C([2H])([2H])C([2H])([2H])C([2H])([2H])[2H]. The van der Waals surface area contributed by atoms with Crippen LogP contribution in [0.2, 0.25) is 0 Å². The van der Waals surface area contributed by atoms with Gasteiger partial charge in [0.05, 0.1) is 6.61 Å². The number of rotatable bonds is 4. The Hall–Kier alpha value is -0.530. The molecule has 0 saturated carbocycles. The van der Waals surface area contributed by atoms with Gasteiger partial charge in [0.15, 0.2) is 0 Å². The Bertz CT molecular complexity index is 355. The molecule has 60 valence electrons. The summed E-state index contributed by atoms with van der Waals surface area (Å²) in [5.74, 6) is -2.82. The Kier molecular flexibility index (Phi) is 1.05. The minimum absolute atomic E-state index is 0.661. The van der Waals surface area contributed by atoms with Crippen LogP contribution in [0.5, 0.6) is 0 Å². The van der Waals surface area contributed by atoms with E-state index in [2.05, 4.69) is 4.74 Å². The van der Waals surface area contributed by atoms with Crippen molar-refractivity contribution in [3.8, 4) is 0 Å². The molecule has 0 aliphatic rings. The van der Waals surface area contributed by atoms with Crippen LogP contribution in [0.15, 0.2) is 0 Å². The number of hydrogen-bond acceptors (Lipinski definition) is 2. The van der Waals surface area contributed by atoms with E-state index in [1.807, 2.05) is 0 Å². The van der Waals surface area contributed by atoms with E-state index >= 15 is 0 Å². The molecule has 0 aliphatic carbocycles. The van der Waals surface area contributed by atoms with Crippen LogP contribution in [0.1, 0.15) is 47.1 Å². The van der Waals surface area contributed by atoms with Crippen LogP contribution in [0.25, 0.3) is 0 Å². The summed E-state index contributed by atoms with van der Waals surface area (Å²) in [4.78, 5) is 11.5. The molecule has 10 heavy (non-hydrogen) atoms. The molecule has 2 nitrogen and oxygen atoms in total. The molecule has 1 atom stereocenters. The Labute approximate surface area is 76.6 Å². The van der Waals surface area contributed by atoms with Gasteiger partial charge in [-0.1, -0.05) is 20.6 Å². The Morgan fingerprint density at radius 3 is 3.30 bits per heavy atom. The standard InChI is InChI=1S/C8H16O2/c1-4-5-8(9)10-6-7(2)3/h7H,4-6H2,1-3H3/i1D3,2D3,4D2,5D2. The van der Waals surface area contributed by atoms with Crippen molar-refractivity contribution in [2.24, 2.45) is 5.92 Å². The highest BCUT2D eigenvalue weighted by Gasteiger charge is 2.00. The number of esters is 1. The summed E-state index contributed by atoms with van der Waals surface area (Å²) in [7, 11) is 0. The predicted octanol–water partition coefficient (Wildman–Crippen LogP) is 1.99. The van der Waals surface area contributed by atoms with Crippen molar-refractivity contribution in [1.82, 2.24) is 0 Å². The zero-order chi connectivity index (χ0) is 16.6. The molecule has 2 heteroatoms. The third-order valence-corrected chi connectivity index (χ3v) is 0.629. The van der Waals surface area contributed by atoms with Gasteiger partial charge in [-0.3, -0.25) is 4.79 Å². The second kappa shape index (κ2) is 5.27. The summed E-state index contributed by atoms with van der Waals surface area (Å²) in [5.41, 5.74) is 0. The lowest BCUT2D eigenvalue weighted by Crippen LogP contribution is -2.08. The van der Waals surface area contributed by atoms with Crippen LogP contribution in [-0.4, -0.2) is 12.6 Å². The molecule has 0 fully saturated rings. The molecule has 1 unspecified atom stereocenters. The summed E-state index contributed by atoms with van der Waals surface area (Å²) in [5, 5.41) is 0. The maximum atomic E-state index is 11.5. The zero-order valence-corrected chi connectivity index (χ0v) is 5.60. The van der Waals surface area contributed by atoms with Crippen molar-refractivity contribution in [1.29, 1.82) is 0 Å². The molecule has 0 aromatic rings. The van der Waals surface area contributed by atoms with E-state index in [1.54, 1.807) is 0 Å². The fraction of sp³-hybridized carbons (Fsp3) is 0.875. The smallest absolute Gasteiger partial charge is 0.305 e. The molecule has 0 heterocycles. The quantitative estimate of drug-likeness (QED) is 0.579. The molecule has 0 radical (unpaired) electrons. The molecule has 0 N–H and O–H groups in total. The maximum Gasteiger partial charge on any atom is 0.305 e. The first-order valence-electron chi connectivity index (χ1n) is 7.72. The second-order valence-corrected chi connectivity index (χ2v) is 1.75. The molecule has 0 aromatic heterocycles. The summed E-state index contributed by atoms with van der Waals surface area (Å²) >= 11 is 0. The third-order valence-electron chi connectivity index (χ3n) is 0.629. The Balaban J connectivity index is 4.94. The van der Waals surface area contributed by atoms with Crippen LogP contribution in [-0.2, 0) is 9.53 Å². The van der Waals surface area contributed by atoms with Crippen molar-refractivity contribution in [2.45, 2.75) is 33.4 Å². The van der Waals surface area contributed by atoms with E-state index in [0.717, 1.165) is 0 Å². The summed E-state index contributed by atoms with van der Waals surface area (Å²) in [6.07, 6.45) is -6.88. The van der Waals surface area contributed by atoms with Gasteiger partial charge >= 0.3 is 5.97 Å². The van der Waals surface area contributed by atoms with Crippen LogP contribution in [0.4, 0.5) is 0 Å². The van der Waals surface area contributed by atoms with E-state index in [9.17, 15) is 4.79 Å². The first-order valence-corrected chi connectivity index (χ1v) is 2.72. The highest BCUT2D eigenvalue weighted by Crippen LogP contribution is 1.96. The Morgan fingerprint density at radius 1 is 1.90 bits per heavy atom. The minimum atomic E-state index is -3.46. The number of ether oxygens (including phenoxy) is 1. The van der Waals surface area contributed by atoms with E-state index in [0.29, 0.717) is 0 Å². The van der Waals surface area contributed by atoms with Crippen molar-refractivity contribution in [2.75, 3.05) is 6.61 Å². The lowest BCUT2D eigenvalue weighted by Gasteiger charge is -2.05. The number of hydrogen-bond donors (Lipinski definition) is 0. The average molecular weight is 154 g/mol. The summed E-state index contributed by atoms with van der Waals surface area (Å²) < 4.78 is 75.4. The van der Waals surface area contributed by atoms with Gasteiger partial charge in [-0.05, 0) is 12.3 Å². The van der Waals surface area contributed by atoms with E-state index in [-0.39, 0.29) is 0 Å². The Morgan fingerprint density at radius 2 is 2.70 bits per heavy atom. The minimum Gasteiger partial charge on any atom is -0.465 e. The third kappa shape index (κ3) is 5.60. The van der Waals surface area contributed by atoms with Gasteiger partial charge in [0, 0.05) is 20.1 Å². The van der Waals surface area contributed by atoms with Crippen LogP contribution < -0.4 is 0 Å². The van der Waals surface area contributed by atoms with Gasteiger partial charge in [0.2, 0.25) is 0 Å². The van der Waals surface area contributed by atoms with E-state index < -0.39 is 44.9 Å². The normalized spacial score (nSPS) is 32.9. The van der Waals surface area contributed by atoms with Crippen LogP contribution >= 0.6 is 0 Å². The molecular formula is C8H16O2. The summed E-state index contributed by atoms with van der Waals surface area (Å²) in [6.45, 7) is -5.21. The highest BCUT2D eigenvalue weighted by molar-refractivity contribution is 5.69. The zero-order valence-electron chi connectivity index (χ0n) is 15.6. The number of carbonyl (C=O) groups is 1. The first-order chi connectivity index (χ1) is 8.55. The molecule has 0 rings (SSSR count). The first kappa shape index (κ1) is 1.99. The topological polar surface area (TPSA) is 26.3 Å². The number of carbonyl (C=O) groups excluding carboxylic acids is 1. The predicted molar refractivity (Wildman–Crippen MR) is 40.7 cm³/mol. The average Bonchev–Trinajstić information content (AvgIpc) is 2.21.